The topological polar surface area (TPSA) is 17.1 Å². The molecule has 3 saturated carbocycles. The Labute approximate surface area is 112 Å². The van der Waals surface area contributed by atoms with E-state index in [9.17, 15) is 4.79 Å². The summed E-state index contributed by atoms with van der Waals surface area (Å²) in [6.07, 6.45) is 8.69. The first-order chi connectivity index (χ1) is 8.50. The Balaban J connectivity index is 1.94. The van der Waals surface area contributed by atoms with Crippen LogP contribution in [0.5, 0.6) is 0 Å². The number of carbonyl (C=O) groups is 1. The standard InChI is InChI=1S/C17H28O/c1-11-6-7-13-15(18)9-8-14-12(16(11)13)5-4-10-17(14,2)3/h11-14,16H,4-10H2,1-3H3. The van der Waals surface area contributed by atoms with Gasteiger partial charge in [-0.15, -0.1) is 0 Å². The van der Waals surface area contributed by atoms with Crippen LogP contribution >= 0.6 is 0 Å². The summed E-state index contributed by atoms with van der Waals surface area (Å²) in [4.78, 5) is 12.4. The molecule has 18 heavy (non-hydrogen) atoms. The number of hydrogen-bond acceptors (Lipinski definition) is 1. The van der Waals surface area contributed by atoms with Gasteiger partial charge in [-0.25, -0.2) is 0 Å². The normalized spacial score (nSPS) is 47.3. The quantitative estimate of drug-likeness (QED) is 0.619. The molecule has 0 bridgehead atoms. The molecule has 0 aromatic carbocycles. The van der Waals surface area contributed by atoms with Crippen molar-refractivity contribution < 1.29 is 4.79 Å². The molecule has 3 aliphatic rings. The summed E-state index contributed by atoms with van der Waals surface area (Å²) in [7, 11) is 0. The molecule has 0 aromatic heterocycles. The van der Waals surface area contributed by atoms with Crippen molar-refractivity contribution in [2.75, 3.05) is 0 Å². The van der Waals surface area contributed by atoms with Crippen LogP contribution in [0.4, 0.5) is 0 Å². The van der Waals surface area contributed by atoms with E-state index in [4.69, 9.17) is 0 Å². The van der Waals surface area contributed by atoms with Gasteiger partial charge in [-0.05, 0) is 61.2 Å². The lowest BCUT2D eigenvalue weighted by Gasteiger charge is -2.47. The number of hydrogen-bond donors (Lipinski definition) is 0. The van der Waals surface area contributed by atoms with Gasteiger partial charge >= 0.3 is 0 Å². The summed E-state index contributed by atoms with van der Waals surface area (Å²) >= 11 is 0. The molecule has 0 aromatic rings. The van der Waals surface area contributed by atoms with Crippen molar-refractivity contribution in [3.63, 3.8) is 0 Å². The van der Waals surface area contributed by atoms with Crippen LogP contribution in [0.3, 0.4) is 0 Å². The van der Waals surface area contributed by atoms with E-state index in [1.807, 2.05) is 0 Å². The van der Waals surface area contributed by atoms with Crippen molar-refractivity contribution in [3.05, 3.63) is 0 Å². The highest BCUT2D eigenvalue weighted by Crippen LogP contribution is 2.56. The summed E-state index contributed by atoms with van der Waals surface area (Å²) in [5.74, 6) is 4.22. The van der Waals surface area contributed by atoms with E-state index in [1.165, 1.54) is 38.5 Å². The molecule has 1 heteroatoms. The number of Topliss-reactive ketones (excluding diaryl/α,β-unsaturated/α-hetero) is 1. The first-order valence-corrected chi connectivity index (χ1v) is 8.03. The molecule has 3 aliphatic carbocycles. The Morgan fingerprint density at radius 2 is 1.89 bits per heavy atom. The number of carbonyl (C=O) groups excluding carboxylic acids is 1. The lowest BCUT2D eigenvalue weighted by molar-refractivity contribution is -0.124. The fourth-order valence-corrected chi connectivity index (χ4v) is 5.63. The van der Waals surface area contributed by atoms with Gasteiger partial charge in [-0.2, -0.15) is 0 Å². The zero-order chi connectivity index (χ0) is 12.9. The summed E-state index contributed by atoms with van der Waals surface area (Å²) in [5.41, 5.74) is 0.473. The average molecular weight is 248 g/mol. The zero-order valence-corrected chi connectivity index (χ0v) is 12.2. The minimum Gasteiger partial charge on any atom is -0.299 e. The average Bonchev–Trinajstić information content (AvgIpc) is 2.60. The van der Waals surface area contributed by atoms with Gasteiger partial charge in [0.15, 0.2) is 0 Å². The van der Waals surface area contributed by atoms with Crippen molar-refractivity contribution in [3.8, 4) is 0 Å². The predicted molar refractivity (Wildman–Crippen MR) is 74.2 cm³/mol. The van der Waals surface area contributed by atoms with E-state index < -0.39 is 0 Å². The maximum Gasteiger partial charge on any atom is 0.136 e. The maximum absolute atomic E-state index is 12.4. The molecule has 102 valence electrons. The Bertz CT molecular complexity index is 344. The van der Waals surface area contributed by atoms with Gasteiger partial charge in [0, 0.05) is 12.3 Å². The van der Waals surface area contributed by atoms with Crippen molar-refractivity contribution >= 4 is 5.78 Å². The van der Waals surface area contributed by atoms with Crippen LogP contribution in [0.2, 0.25) is 0 Å². The lowest BCUT2D eigenvalue weighted by atomic mass is 9.58. The highest BCUT2D eigenvalue weighted by atomic mass is 16.1. The van der Waals surface area contributed by atoms with Gasteiger partial charge in [-0.1, -0.05) is 27.2 Å². The molecule has 3 fully saturated rings. The molecule has 5 unspecified atom stereocenters. The van der Waals surface area contributed by atoms with Gasteiger partial charge in [0.2, 0.25) is 0 Å². The molecule has 0 aliphatic heterocycles. The Kier molecular flexibility index (Phi) is 3.07. The van der Waals surface area contributed by atoms with E-state index in [0.29, 0.717) is 17.1 Å². The summed E-state index contributed by atoms with van der Waals surface area (Å²) in [6.45, 7) is 7.31. The van der Waals surface area contributed by atoms with E-state index in [2.05, 4.69) is 20.8 Å². The fraction of sp³-hybridized carbons (Fsp3) is 0.941. The number of rotatable bonds is 0. The van der Waals surface area contributed by atoms with Crippen molar-refractivity contribution in [1.29, 1.82) is 0 Å². The molecule has 0 amide bonds. The summed E-state index contributed by atoms with van der Waals surface area (Å²) < 4.78 is 0. The summed E-state index contributed by atoms with van der Waals surface area (Å²) in [6, 6.07) is 0. The van der Waals surface area contributed by atoms with Gasteiger partial charge in [0.05, 0.1) is 0 Å². The first kappa shape index (κ1) is 12.7. The van der Waals surface area contributed by atoms with Crippen LogP contribution in [0, 0.1) is 35.0 Å². The molecule has 3 rings (SSSR count). The number of ketones is 1. The minimum atomic E-state index is 0.434. The molecule has 0 N–H and O–H groups in total. The monoisotopic (exact) mass is 248 g/mol. The van der Waals surface area contributed by atoms with E-state index in [-0.39, 0.29) is 0 Å². The van der Waals surface area contributed by atoms with E-state index in [1.54, 1.807) is 0 Å². The third-order valence-electron chi connectivity index (χ3n) is 6.54. The van der Waals surface area contributed by atoms with Crippen LogP contribution in [0.1, 0.15) is 65.7 Å². The Morgan fingerprint density at radius 3 is 2.67 bits per heavy atom. The molecule has 0 heterocycles. The molecule has 1 nitrogen and oxygen atoms in total. The smallest absolute Gasteiger partial charge is 0.136 e. The molecule has 5 atom stereocenters. The molecule has 0 radical (unpaired) electrons. The second-order valence-corrected chi connectivity index (χ2v) is 7.89. The van der Waals surface area contributed by atoms with Crippen LogP contribution < -0.4 is 0 Å². The van der Waals surface area contributed by atoms with Crippen LogP contribution in [-0.4, -0.2) is 5.78 Å². The van der Waals surface area contributed by atoms with Crippen molar-refractivity contribution in [1.82, 2.24) is 0 Å². The van der Waals surface area contributed by atoms with Crippen molar-refractivity contribution in [2.45, 2.75) is 65.7 Å². The van der Waals surface area contributed by atoms with E-state index >= 15 is 0 Å². The largest absolute Gasteiger partial charge is 0.299 e. The fourth-order valence-electron chi connectivity index (χ4n) is 5.63. The molecular weight excluding hydrogens is 220 g/mol. The van der Waals surface area contributed by atoms with Crippen LogP contribution in [-0.2, 0) is 4.79 Å². The molecule has 0 saturated heterocycles. The minimum absolute atomic E-state index is 0.434. The second kappa shape index (κ2) is 4.35. The van der Waals surface area contributed by atoms with Gasteiger partial charge in [0.25, 0.3) is 0 Å². The Morgan fingerprint density at radius 1 is 1.11 bits per heavy atom. The molecular formula is C17H28O. The third-order valence-corrected chi connectivity index (χ3v) is 6.54. The van der Waals surface area contributed by atoms with Gasteiger partial charge < -0.3 is 0 Å². The second-order valence-electron chi connectivity index (χ2n) is 7.89. The Hall–Kier alpha value is -0.330. The highest BCUT2D eigenvalue weighted by Gasteiger charge is 2.51. The van der Waals surface area contributed by atoms with Crippen molar-refractivity contribution in [2.24, 2.45) is 35.0 Å². The SMILES string of the molecule is CC1CCC2C(=O)CCC3C(CCCC3(C)C)C12. The maximum atomic E-state index is 12.4. The van der Waals surface area contributed by atoms with Crippen LogP contribution in [0.25, 0.3) is 0 Å². The van der Waals surface area contributed by atoms with Crippen LogP contribution in [0.15, 0.2) is 0 Å². The predicted octanol–water partition coefficient (Wildman–Crippen LogP) is 4.45. The first-order valence-electron chi connectivity index (χ1n) is 8.03. The highest BCUT2D eigenvalue weighted by molar-refractivity contribution is 5.82. The lowest BCUT2D eigenvalue weighted by Crippen LogP contribution is -2.39. The van der Waals surface area contributed by atoms with E-state index in [0.717, 1.165) is 30.1 Å². The third kappa shape index (κ3) is 1.85. The number of fused-ring (bicyclic) bond motifs is 3. The van der Waals surface area contributed by atoms with Gasteiger partial charge in [-0.3, -0.25) is 4.79 Å². The summed E-state index contributed by atoms with van der Waals surface area (Å²) in [5, 5.41) is 0. The zero-order valence-electron chi connectivity index (χ0n) is 12.2. The molecule has 0 spiro atoms. The van der Waals surface area contributed by atoms with Gasteiger partial charge in [0.1, 0.15) is 5.78 Å².